The lowest BCUT2D eigenvalue weighted by molar-refractivity contribution is -0.137. The Hall–Kier alpha value is -3.82. The van der Waals surface area contributed by atoms with Crippen LogP contribution in [0.3, 0.4) is 0 Å². The molecule has 0 radical (unpaired) electrons. The Bertz CT molecular complexity index is 1580. The molecule has 2 amide bonds. The molecule has 40 heavy (non-hydrogen) atoms. The summed E-state index contributed by atoms with van der Waals surface area (Å²) in [5.41, 5.74) is 1.66. The number of hydrogen-bond donors (Lipinski definition) is 1. The van der Waals surface area contributed by atoms with Crippen LogP contribution in [0.15, 0.2) is 66.7 Å². The predicted molar refractivity (Wildman–Crippen MR) is 149 cm³/mol. The number of carbonyl (C=O) groups is 2. The highest BCUT2D eigenvalue weighted by Gasteiger charge is 2.30. The molecule has 0 saturated carbocycles. The van der Waals surface area contributed by atoms with E-state index in [0.29, 0.717) is 27.7 Å². The smallest absolute Gasteiger partial charge is 0.416 e. The maximum Gasteiger partial charge on any atom is 0.416 e. The third kappa shape index (κ3) is 6.84. The molecule has 0 atom stereocenters. The van der Waals surface area contributed by atoms with Gasteiger partial charge in [-0.2, -0.15) is 13.2 Å². The van der Waals surface area contributed by atoms with Crippen LogP contribution in [0.25, 0.3) is 10.9 Å². The second-order valence-corrected chi connectivity index (χ2v) is 9.80. The largest absolute Gasteiger partial charge is 0.487 e. The molecular formula is C29H24Cl2F3N3O3. The van der Waals surface area contributed by atoms with Crippen LogP contribution in [0.4, 0.5) is 18.9 Å². The zero-order valence-corrected chi connectivity index (χ0v) is 23.0. The first-order valence-electron chi connectivity index (χ1n) is 12.1. The zero-order valence-electron chi connectivity index (χ0n) is 21.5. The predicted octanol–water partition coefficient (Wildman–Crippen LogP) is 6.77. The van der Waals surface area contributed by atoms with Gasteiger partial charge >= 0.3 is 6.18 Å². The zero-order chi connectivity index (χ0) is 29.0. The summed E-state index contributed by atoms with van der Waals surface area (Å²) < 4.78 is 44.8. The van der Waals surface area contributed by atoms with Gasteiger partial charge in [-0.15, -0.1) is 0 Å². The molecule has 11 heteroatoms. The lowest BCUT2D eigenvalue weighted by atomic mass is 10.1. The molecule has 6 nitrogen and oxygen atoms in total. The van der Waals surface area contributed by atoms with E-state index in [-0.39, 0.29) is 30.2 Å². The molecule has 0 saturated heterocycles. The third-order valence-electron chi connectivity index (χ3n) is 6.20. The van der Waals surface area contributed by atoms with Crippen molar-refractivity contribution < 1.29 is 27.5 Å². The molecule has 0 unspecified atom stereocenters. The molecule has 208 valence electrons. The second-order valence-electron chi connectivity index (χ2n) is 9.02. The average molecular weight is 590 g/mol. The van der Waals surface area contributed by atoms with Gasteiger partial charge in [-0.05, 0) is 42.8 Å². The number of halogens is 5. The van der Waals surface area contributed by atoms with E-state index in [0.717, 1.165) is 23.0 Å². The lowest BCUT2D eigenvalue weighted by Crippen LogP contribution is -2.39. The maximum absolute atomic E-state index is 12.9. The summed E-state index contributed by atoms with van der Waals surface area (Å²) >= 11 is 13.0. The van der Waals surface area contributed by atoms with Crippen molar-refractivity contribution in [2.75, 3.05) is 18.5 Å². The van der Waals surface area contributed by atoms with Crippen LogP contribution in [0.5, 0.6) is 5.75 Å². The van der Waals surface area contributed by atoms with Gasteiger partial charge in [0.25, 0.3) is 0 Å². The van der Waals surface area contributed by atoms with Crippen molar-refractivity contribution in [2.24, 2.45) is 0 Å². The molecule has 1 N–H and O–H groups in total. The number of pyridine rings is 1. The number of ether oxygens (including phenoxy) is 1. The van der Waals surface area contributed by atoms with Crippen molar-refractivity contribution in [2.45, 2.75) is 26.1 Å². The Morgan fingerprint density at radius 3 is 2.52 bits per heavy atom. The number of para-hydroxylation sites is 1. The summed E-state index contributed by atoms with van der Waals surface area (Å²) in [6.45, 7) is 1.46. The minimum Gasteiger partial charge on any atom is -0.487 e. The third-order valence-corrected chi connectivity index (χ3v) is 6.97. The Morgan fingerprint density at radius 2 is 1.77 bits per heavy atom. The molecule has 1 heterocycles. The van der Waals surface area contributed by atoms with Crippen molar-refractivity contribution >= 4 is 51.6 Å². The molecule has 3 aromatic carbocycles. The number of nitrogens with zero attached hydrogens (tertiary/aromatic N) is 2. The summed E-state index contributed by atoms with van der Waals surface area (Å²) in [6, 6.07) is 17.1. The molecule has 0 bridgehead atoms. The summed E-state index contributed by atoms with van der Waals surface area (Å²) in [5.74, 6) is -0.538. The highest BCUT2D eigenvalue weighted by molar-refractivity contribution is 6.38. The summed E-state index contributed by atoms with van der Waals surface area (Å²) in [6.07, 6.45) is -4.83. The molecule has 4 aromatic rings. The van der Waals surface area contributed by atoms with Gasteiger partial charge in [-0.1, -0.05) is 59.6 Å². The van der Waals surface area contributed by atoms with Crippen molar-refractivity contribution in [1.29, 1.82) is 0 Å². The first-order valence-corrected chi connectivity index (χ1v) is 12.8. The molecule has 0 aliphatic carbocycles. The van der Waals surface area contributed by atoms with Crippen molar-refractivity contribution in [1.82, 2.24) is 10.3 Å². The lowest BCUT2D eigenvalue weighted by Gasteiger charge is -2.21. The Labute approximate surface area is 238 Å². The van der Waals surface area contributed by atoms with Gasteiger partial charge in [0.1, 0.15) is 12.4 Å². The van der Waals surface area contributed by atoms with Gasteiger partial charge in [0.05, 0.1) is 40.4 Å². The number of anilines is 1. The SMILES string of the molecule is Cc1nc2ccccc2cc1OCc1c(Cl)ccc(N(C)C(=O)CNC(=O)Cc2cccc(C(F)(F)F)c2)c1Cl. The minimum atomic E-state index is -4.52. The fourth-order valence-corrected chi connectivity index (χ4v) is 4.60. The summed E-state index contributed by atoms with van der Waals surface area (Å²) in [7, 11) is 1.48. The van der Waals surface area contributed by atoms with E-state index in [4.69, 9.17) is 27.9 Å². The van der Waals surface area contributed by atoms with Gasteiger partial charge in [-0.3, -0.25) is 9.59 Å². The first kappa shape index (κ1) is 29.2. The number of likely N-dealkylation sites (N-methyl/N-ethyl adjacent to an activating group) is 1. The van der Waals surface area contributed by atoms with Crippen molar-refractivity contribution in [3.05, 3.63) is 99.2 Å². The van der Waals surface area contributed by atoms with Gasteiger partial charge < -0.3 is 15.0 Å². The highest BCUT2D eigenvalue weighted by atomic mass is 35.5. The fourth-order valence-electron chi connectivity index (χ4n) is 4.00. The van der Waals surface area contributed by atoms with Crippen molar-refractivity contribution in [3.8, 4) is 5.75 Å². The van der Waals surface area contributed by atoms with Crippen LogP contribution < -0.4 is 15.0 Å². The van der Waals surface area contributed by atoms with Crippen LogP contribution in [0.2, 0.25) is 10.0 Å². The maximum atomic E-state index is 12.9. The molecule has 0 aliphatic rings. The van der Waals surface area contributed by atoms with E-state index in [1.165, 1.54) is 24.1 Å². The number of alkyl halides is 3. The van der Waals surface area contributed by atoms with E-state index in [1.54, 1.807) is 12.1 Å². The second kappa shape index (κ2) is 12.1. The van der Waals surface area contributed by atoms with Crippen molar-refractivity contribution in [3.63, 3.8) is 0 Å². The van der Waals surface area contributed by atoms with Gasteiger partial charge in [-0.25, -0.2) is 4.98 Å². The molecular weight excluding hydrogens is 566 g/mol. The summed E-state index contributed by atoms with van der Waals surface area (Å²) in [5, 5.41) is 3.89. The number of benzene rings is 3. The first-order chi connectivity index (χ1) is 18.9. The van der Waals surface area contributed by atoms with Crippen LogP contribution in [-0.2, 0) is 28.8 Å². The van der Waals surface area contributed by atoms with Crippen LogP contribution >= 0.6 is 23.2 Å². The van der Waals surface area contributed by atoms with E-state index >= 15 is 0 Å². The molecule has 0 fully saturated rings. The molecule has 0 spiro atoms. The number of aryl methyl sites for hydroxylation is 1. The van der Waals surface area contributed by atoms with E-state index < -0.39 is 23.6 Å². The molecule has 4 rings (SSSR count). The Balaban J connectivity index is 1.41. The van der Waals surface area contributed by atoms with E-state index in [1.807, 2.05) is 37.3 Å². The van der Waals surface area contributed by atoms with E-state index in [9.17, 15) is 22.8 Å². The normalized spacial score (nSPS) is 11.4. The average Bonchev–Trinajstić information content (AvgIpc) is 2.91. The standard InChI is InChI=1S/C29H24Cl2F3N3O3/c1-17-25(14-19-7-3-4-9-23(19)36-17)40-16-21-22(30)10-11-24(28(21)31)37(2)27(39)15-35-26(38)13-18-6-5-8-20(12-18)29(32,33)34/h3-12,14H,13,15-16H2,1-2H3,(H,35,38). The monoisotopic (exact) mass is 589 g/mol. The van der Waals surface area contributed by atoms with Crippen LogP contribution in [-0.4, -0.2) is 30.4 Å². The van der Waals surface area contributed by atoms with Crippen LogP contribution in [0, 0.1) is 6.92 Å². The minimum absolute atomic E-state index is 0.0160. The Kier molecular flexibility index (Phi) is 8.85. The highest BCUT2D eigenvalue weighted by Crippen LogP contribution is 2.35. The number of amides is 2. The number of carbonyl (C=O) groups excluding carboxylic acids is 2. The number of nitrogens with one attached hydrogen (secondary N) is 1. The number of hydrogen-bond acceptors (Lipinski definition) is 4. The molecule has 0 aliphatic heterocycles. The van der Waals surface area contributed by atoms with Gasteiger partial charge in [0.2, 0.25) is 11.8 Å². The van der Waals surface area contributed by atoms with Crippen LogP contribution in [0.1, 0.15) is 22.4 Å². The van der Waals surface area contributed by atoms with Gasteiger partial charge in [0.15, 0.2) is 0 Å². The quantitative estimate of drug-likeness (QED) is 0.246. The fraction of sp³-hybridized carbons (Fsp3) is 0.207. The number of fused-ring (bicyclic) bond motifs is 1. The Morgan fingerprint density at radius 1 is 1.02 bits per heavy atom. The molecule has 1 aromatic heterocycles. The van der Waals surface area contributed by atoms with E-state index in [2.05, 4.69) is 10.3 Å². The topological polar surface area (TPSA) is 71.5 Å². The number of aromatic nitrogens is 1. The number of rotatable bonds is 8. The summed E-state index contributed by atoms with van der Waals surface area (Å²) in [4.78, 5) is 30.9. The van der Waals surface area contributed by atoms with Gasteiger partial charge in [0, 0.05) is 23.0 Å².